The minimum Gasteiger partial charge on any atom is -0.480 e. The van der Waals surface area contributed by atoms with E-state index in [1.54, 1.807) is 11.4 Å². The van der Waals surface area contributed by atoms with Crippen LogP contribution in [0.5, 0.6) is 0 Å². The first kappa shape index (κ1) is 21.7. The normalized spacial score (nSPS) is 14.5. The fourth-order valence-electron chi connectivity index (χ4n) is 2.72. The van der Waals surface area contributed by atoms with E-state index < -0.39 is 54.4 Å². The van der Waals surface area contributed by atoms with Gasteiger partial charge in [0.15, 0.2) is 0 Å². The molecule has 0 aromatic heterocycles. The number of benzene rings is 2. The Hall–Kier alpha value is -2.55. The molecular weight excluding hydrogens is 388 g/mol. The van der Waals surface area contributed by atoms with Gasteiger partial charge >= 0.3 is 12.1 Å². The third kappa shape index (κ3) is 6.26. The number of hydrogen-bond donors (Lipinski definition) is 2. The average molecular weight is 405 g/mol. The Morgan fingerprint density at radius 1 is 0.964 bits per heavy atom. The summed E-state index contributed by atoms with van der Waals surface area (Å²) in [6.07, 6.45) is -7.13. The molecule has 0 heterocycles. The van der Waals surface area contributed by atoms with Crippen molar-refractivity contribution in [2.75, 3.05) is 0 Å². The number of aliphatic carboxylic acids is 1. The van der Waals surface area contributed by atoms with Crippen LogP contribution in [-0.4, -0.2) is 29.2 Å². The number of carboxylic acids is 1. The van der Waals surface area contributed by atoms with Crippen molar-refractivity contribution in [1.82, 2.24) is 5.32 Å². The molecule has 2 aromatic carbocycles. The van der Waals surface area contributed by atoms with Crippen molar-refractivity contribution in [3.63, 3.8) is 0 Å². The monoisotopic (exact) mass is 405 g/mol. The second-order valence-corrected chi connectivity index (χ2v) is 6.31. The summed E-state index contributed by atoms with van der Waals surface area (Å²) in [7, 11) is 0. The number of halogens is 6. The molecule has 0 saturated heterocycles. The maximum atomic E-state index is 14.3. The van der Waals surface area contributed by atoms with Crippen molar-refractivity contribution in [2.24, 2.45) is 0 Å². The van der Waals surface area contributed by atoms with Crippen LogP contribution in [0, 0.1) is 5.82 Å². The van der Waals surface area contributed by atoms with Gasteiger partial charge in [-0.25, -0.2) is 13.2 Å². The van der Waals surface area contributed by atoms with Crippen molar-refractivity contribution in [1.29, 1.82) is 0 Å². The van der Waals surface area contributed by atoms with Crippen molar-refractivity contribution in [3.8, 4) is 0 Å². The van der Waals surface area contributed by atoms with Crippen LogP contribution >= 0.6 is 0 Å². The summed E-state index contributed by atoms with van der Waals surface area (Å²) in [4.78, 5) is 11.4. The summed E-state index contributed by atoms with van der Waals surface area (Å²) in [6, 6.07) is 5.95. The molecule has 152 valence electrons. The molecule has 0 bridgehead atoms. The lowest BCUT2D eigenvalue weighted by Crippen LogP contribution is -2.47. The Bertz CT molecular complexity index is 777. The predicted octanol–water partition coefficient (Wildman–Crippen LogP) is 4.74. The lowest BCUT2D eigenvalue weighted by Gasteiger charge is -2.28. The smallest absolute Gasteiger partial charge is 0.407 e. The topological polar surface area (TPSA) is 49.3 Å². The van der Waals surface area contributed by atoms with Crippen LogP contribution in [0.2, 0.25) is 0 Å². The summed E-state index contributed by atoms with van der Waals surface area (Å²) in [6.45, 7) is 0. The first-order valence-corrected chi connectivity index (χ1v) is 8.21. The molecule has 0 amide bonds. The van der Waals surface area contributed by atoms with Gasteiger partial charge in [0.2, 0.25) is 0 Å². The Balaban J connectivity index is 2.21. The number of carbonyl (C=O) groups is 1. The zero-order valence-corrected chi connectivity index (χ0v) is 14.4. The number of hydrogen-bond acceptors (Lipinski definition) is 2. The molecule has 0 fully saturated rings. The molecule has 0 aliphatic rings. The Labute approximate surface area is 157 Å². The summed E-state index contributed by atoms with van der Waals surface area (Å²) >= 11 is 0. The van der Waals surface area contributed by atoms with Crippen LogP contribution in [-0.2, 0) is 11.2 Å². The van der Waals surface area contributed by atoms with E-state index in [-0.39, 0.29) is 5.56 Å². The van der Waals surface area contributed by atoms with Gasteiger partial charge in [0.1, 0.15) is 17.9 Å². The van der Waals surface area contributed by atoms with E-state index in [1.165, 1.54) is 24.3 Å². The van der Waals surface area contributed by atoms with Crippen molar-refractivity contribution in [2.45, 2.75) is 37.0 Å². The van der Waals surface area contributed by atoms with E-state index in [2.05, 4.69) is 0 Å². The van der Waals surface area contributed by atoms with Crippen LogP contribution < -0.4 is 5.32 Å². The van der Waals surface area contributed by atoms with Gasteiger partial charge in [0, 0.05) is 12.8 Å². The van der Waals surface area contributed by atoms with Gasteiger partial charge in [-0.15, -0.1) is 0 Å². The summed E-state index contributed by atoms with van der Waals surface area (Å²) < 4.78 is 81.7. The van der Waals surface area contributed by atoms with Gasteiger partial charge < -0.3 is 5.11 Å². The van der Waals surface area contributed by atoms with Crippen LogP contribution in [0.1, 0.15) is 23.6 Å². The van der Waals surface area contributed by atoms with Gasteiger partial charge in [-0.3, -0.25) is 10.1 Å². The standard InChI is InChI=1S/C19H17F6NO2/c20-14-8-6-13(7-9-14)16(19(23,24)25)26-15(17(27)28)11-18(21,22)10-12-4-2-1-3-5-12/h1-9,15-16,26H,10-11H2,(H,27,28)/t15?,16-/m0/s1. The molecule has 0 aliphatic carbocycles. The average Bonchev–Trinajstić information content (AvgIpc) is 2.58. The molecule has 3 nitrogen and oxygen atoms in total. The molecule has 0 aliphatic heterocycles. The maximum absolute atomic E-state index is 14.3. The van der Waals surface area contributed by atoms with Crippen molar-refractivity contribution in [3.05, 3.63) is 71.5 Å². The molecule has 2 aromatic rings. The molecule has 9 heteroatoms. The molecule has 28 heavy (non-hydrogen) atoms. The second-order valence-electron chi connectivity index (χ2n) is 6.31. The minimum absolute atomic E-state index is 0.225. The molecule has 2 N–H and O–H groups in total. The van der Waals surface area contributed by atoms with E-state index in [0.29, 0.717) is 0 Å². The van der Waals surface area contributed by atoms with E-state index >= 15 is 0 Å². The van der Waals surface area contributed by atoms with Gasteiger partial charge in [0.25, 0.3) is 5.92 Å². The highest BCUT2D eigenvalue weighted by molar-refractivity contribution is 5.73. The first-order chi connectivity index (χ1) is 13.0. The largest absolute Gasteiger partial charge is 0.480 e. The molecular formula is C19H17F6NO2. The van der Waals surface area contributed by atoms with E-state index in [9.17, 15) is 36.2 Å². The Morgan fingerprint density at radius 2 is 1.54 bits per heavy atom. The van der Waals surface area contributed by atoms with Gasteiger partial charge in [-0.05, 0) is 23.3 Å². The highest BCUT2D eigenvalue weighted by Gasteiger charge is 2.45. The predicted molar refractivity (Wildman–Crippen MR) is 89.5 cm³/mol. The van der Waals surface area contributed by atoms with Gasteiger partial charge in [-0.2, -0.15) is 13.2 Å². The first-order valence-electron chi connectivity index (χ1n) is 8.21. The quantitative estimate of drug-likeness (QED) is 0.624. The van der Waals surface area contributed by atoms with Crippen LogP contribution in [0.15, 0.2) is 54.6 Å². The van der Waals surface area contributed by atoms with Crippen LogP contribution in [0.25, 0.3) is 0 Å². The third-order valence-electron chi connectivity index (χ3n) is 4.00. The van der Waals surface area contributed by atoms with E-state index in [4.69, 9.17) is 0 Å². The van der Waals surface area contributed by atoms with Crippen molar-refractivity contribution < 1.29 is 36.2 Å². The Morgan fingerprint density at radius 3 is 2.04 bits per heavy atom. The number of carboxylic acid groups (broad SMARTS) is 1. The molecule has 2 rings (SSSR count). The van der Waals surface area contributed by atoms with Gasteiger partial charge in [0.05, 0.1) is 0 Å². The van der Waals surface area contributed by atoms with E-state index in [1.807, 2.05) is 0 Å². The van der Waals surface area contributed by atoms with E-state index in [0.717, 1.165) is 24.3 Å². The fraction of sp³-hybridized carbons (Fsp3) is 0.316. The molecule has 1 unspecified atom stereocenters. The van der Waals surface area contributed by atoms with Gasteiger partial charge in [-0.1, -0.05) is 42.5 Å². The lowest BCUT2D eigenvalue weighted by atomic mass is 9.98. The third-order valence-corrected chi connectivity index (χ3v) is 4.00. The van der Waals surface area contributed by atoms with Crippen LogP contribution in [0.4, 0.5) is 26.3 Å². The minimum atomic E-state index is -4.97. The lowest BCUT2D eigenvalue weighted by molar-refractivity contribution is -0.166. The summed E-state index contributed by atoms with van der Waals surface area (Å²) in [5.41, 5.74) is -0.255. The molecule has 0 spiro atoms. The highest BCUT2D eigenvalue weighted by atomic mass is 19.4. The number of nitrogens with one attached hydrogen (secondary N) is 1. The highest BCUT2D eigenvalue weighted by Crippen LogP contribution is 2.34. The number of alkyl halides is 5. The second kappa shape index (κ2) is 8.64. The molecule has 0 radical (unpaired) electrons. The SMILES string of the molecule is O=C(O)C(CC(F)(F)Cc1ccccc1)N[C@@H](c1ccc(F)cc1)C(F)(F)F. The fourth-order valence-corrected chi connectivity index (χ4v) is 2.72. The zero-order chi connectivity index (χ0) is 20.9. The zero-order valence-electron chi connectivity index (χ0n) is 14.4. The summed E-state index contributed by atoms with van der Waals surface area (Å²) in [5.74, 6) is -6.19. The summed E-state index contributed by atoms with van der Waals surface area (Å²) in [5, 5.41) is 10.9. The van der Waals surface area contributed by atoms with Crippen molar-refractivity contribution >= 4 is 5.97 Å². The maximum Gasteiger partial charge on any atom is 0.407 e. The Kier molecular flexibility index (Phi) is 6.71. The molecule has 0 saturated carbocycles. The van der Waals surface area contributed by atoms with Crippen LogP contribution in [0.3, 0.4) is 0 Å². The number of rotatable bonds is 8. The molecule has 2 atom stereocenters.